The summed E-state index contributed by atoms with van der Waals surface area (Å²) >= 11 is 10.2. The van der Waals surface area contributed by atoms with E-state index in [-0.39, 0.29) is 4.91 Å². The Morgan fingerprint density at radius 1 is 1.08 bits per heavy atom. The van der Waals surface area contributed by atoms with E-state index in [0.29, 0.717) is 51.2 Å². The molecule has 1 fully saturated rings. The molecule has 39 heavy (non-hydrogen) atoms. The van der Waals surface area contributed by atoms with Gasteiger partial charge in [0.25, 0.3) is 11.1 Å². The first-order chi connectivity index (χ1) is 18.8. The first-order valence-corrected chi connectivity index (χ1v) is 13.8. The fourth-order valence-corrected chi connectivity index (χ4v) is 5.17. The summed E-state index contributed by atoms with van der Waals surface area (Å²) < 4.78 is 17.4. The van der Waals surface area contributed by atoms with Crippen LogP contribution in [0, 0.1) is 0 Å². The van der Waals surface area contributed by atoms with Crippen molar-refractivity contribution in [3.8, 4) is 17.2 Å². The van der Waals surface area contributed by atoms with Gasteiger partial charge >= 0.3 is 0 Å². The summed E-state index contributed by atoms with van der Waals surface area (Å²) in [5.74, 6) is 0.567. The molecule has 1 saturated heterocycles. The van der Waals surface area contributed by atoms with E-state index in [1.807, 2.05) is 19.1 Å². The SMILES string of the molecule is CCOc1ccc(NC(=O)CN2C(=O)S/C(=C/c3cc(Br)c(OCc4ccc(Cl)cc4)c(OC)c3)C2=O)cc1. The van der Waals surface area contributed by atoms with Crippen molar-refractivity contribution in [3.05, 3.63) is 86.2 Å². The van der Waals surface area contributed by atoms with Gasteiger partial charge in [-0.15, -0.1) is 0 Å². The van der Waals surface area contributed by atoms with Crippen molar-refractivity contribution in [2.45, 2.75) is 13.5 Å². The minimum Gasteiger partial charge on any atom is -0.494 e. The number of benzene rings is 3. The Morgan fingerprint density at radius 2 is 1.79 bits per heavy atom. The van der Waals surface area contributed by atoms with Crippen LogP contribution in [-0.4, -0.2) is 42.2 Å². The van der Waals surface area contributed by atoms with E-state index in [9.17, 15) is 14.4 Å². The van der Waals surface area contributed by atoms with Gasteiger partial charge in [-0.25, -0.2) is 0 Å². The minimum absolute atomic E-state index is 0.192. The maximum atomic E-state index is 13.0. The summed E-state index contributed by atoms with van der Waals surface area (Å²) in [5.41, 5.74) is 2.07. The van der Waals surface area contributed by atoms with E-state index in [1.165, 1.54) is 7.11 Å². The van der Waals surface area contributed by atoms with Gasteiger partial charge in [0.2, 0.25) is 5.91 Å². The second-order valence-electron chi connectivity index (χ2n) is 8.22. The van der Waals surface area contributed by atoms with Crippen LogP contribution in [0.2, 0.25) is 5.02 Å². The highest BCUT2D eigenvalue weighted by Gasteiger charge is 2.36. The number of nitrogens with zero attached hydrogens (tertiary/aromatic N) is 1. The lowest BCUT2D eigenvalue weighted by Crippen LogP contribution is -2.36. The molecule has 3 aromatic carbocycles. The monoisotopic (exact) mass is 630 g/mol. The third-order valence-electron chi connectivity index (χ3n) is 5.47. The summed E-state index contributed by atoms with van der Waals surface area (Å²) in [4.78, 5) is 39.1. The molecule has 0 spiro atoms. The van der Waals surface area contributed by atoms with Gasteiger partial charge in [-0.2, -0.15) is 0 Å². The predicted molar refractivity (Wildman–Crippen MR) is 155 cm³/mol. The quantitative estimate of drug-likeness (QED) is 0.247. The number of amides is 3. The van der Waals surface area contributed by atoms with E-state index in [2.05, 4.69) is 21.2 Å². The topological polar surface area (TPSA) is 94.2 Å². The smallest absolute Gasteiger partial charge is 0.294 e. The summed E-state index contributed by atoms with van der Waals surface area (Å²) in [5, 5.41) is 2.80. The van der Waals surface area contributed by atoms with Gasteiger partial charge in [0.15, 0.2) is 11.5 Å². The second kappa shape index (κ2) is 13.1. The highest BCUT2D eigenvalue weighted by Crippen LogP contribution is 2.39. The molecule has 0 aromatic heterocycles. The van der Waals surface area contributed by atoms with Crippen molar-refractivity contribution in [1.82, 2.24) is 4.90 Å². The standard InChI is InChI=1S/C28H24BrClN2O6S/c1-3-37-21-10-8-20(9-11-21)31-25(33)15-32-27(34)24(39-28(32)35)14-18-12-22(29)26(23(13-18)36-2)38-16-17-4-6-19(30)7-5-17/h4-14H,3,15-16H2,1-2H3,(H,31,33)/b24-14+. The van der Waals surface area contributed by atoms with Gasteiger partial charge in [0.1, 0.15) is 18.9 Å². The van der Waals surface area contributed by atoms with Crippen molar-refractivity contribution < 1.29 is 28.6 Å². The van der Waals surface area contributed by atoms with Crippen molar-refractivity contribution in [2.24, 2.45) is 0 Å². The zero-order valence-corrected chi connectivity index (χ0v) is 24.2. The molecule has 1 aliphatic rings. The van der Waals surface area contributed by atoms with Crippen molar-refractivity contribution in [1.29, 1.82) is 0 Å². The number of nitrogens with one attached hydrogen (secondary N) is 1. The molecule has 1 aliphatic heterocycles. The van der Waals surface area contributed by atoms with Crippen LogP contribution >= 0.6 is 39.3 Å². The molecule has 3 aromatic rings. The molecule has 0 unspecified atom stereocenters. The van der Waals surface area contributed by atoms with Gasteiger partial charge in [0.05, 0.1) is 23.1 Å². The molecule has 1 heterocycles. The second-order valence-corrected chi connectivity index (χ2v) is 10.5. The highest BCUT2D eigenvalue weighted by atomic mass is 79.9. The van der Waals surface area contributed by atoms with Gasteiger partial charge in [-0.3, -0.25) is 19.3 Å². The third kappa shape index (κ3) is 7.35. The molecule has 0 atom stereocenters. The Bertz CT molecular complexity index is 1410. The van der Waals surface area contributed by atoms with Gasteiger partial charge in [0, 0.05) is 10.7 Å². The van der Waals surface area contributed by atoms with E-state index in [4.69, 9.17) is 25.8 Å². The molecule has 202 valence electrons. The lowest BCUT2D eigenvalue weighted by Gasteiger charge is -2.14. The summed E-state index contributed by atoms with van der Waals surface area (Å²) in [6.07, 6.45) is 1.57. The Kier molecular flexibility index (Phi) is 9.55. The predicted octanol–water partition coefficient (Wildman–Crippen LogP) is 6.76. The summed E-state index contributed by atoms with van der Waals surface area (Å²) in [7, 11) is 1.51. The number of anilines is 1. The molecule has 4 rings (SSSR count). The van der Waals surface area contributed by atoms with Crippen molar-refractivity contribution in [3.63, 3.8) is 0 Å². The maximum absolute atomic E-state index is 13.0. The molecular formula is C28H24BrClN2O6S. The van der Waals surface area contributed by atoms with E-state index >= 15 is 0 Å². The van der Waals surface area contributed by atoms with Crippen LogP contribution in [0.1, 0.15) is 18.1 Å². The largest absolute Gasteiger partial charge is 0.494 e. The molecular weight excluding hydrogens is 608 g/mol. The highest BCUT2D eigenvalue weighted by molar-refractivity contribution is 9.10. The number of carbonyl (C=O) groups is 3. The number of imide groups is 1. The van der Waals surface area contributed by atoms with Crippen LogP contribution in [0.5, 0.6) is 17.2 Å². The van der Waals surface area contributed by atoms with Crippen molar-refractivity contribution in [2.75, 3.05) is 25.6 Å². The summed E-state index contributed by atoms with van der Waals surface area (Å²) in [6.45, 7) is 2.30. The molecule has 0 bridgehead atoms. The lowest BCUT2D eigenvalue weighted by molar-refractivity contribution is -0.127. The van der Waals surface area contributed by atoms with E-state index in [1.54, 1.807) is 54.6 Å². The number of rotatable bonds is 10. The van der Waals surface area contributed by atoms with Crippen LogP contribution in [-0.2, 0) is 16.2 Å². The average molecular weight is 632 g/mol. The molecule has 11 heteroatoms. The number of halogens is 2. The third-order valence-corrected chi connectivity index (χ3v) is 7.22. The van der Waals surface area contributed by atoms with Crippen LogP contribution in [0.15, 0.2) is 70.0 Å². The minimum atomic E-state index is -0.551. The molecule has 8 nitrogen and oxygen atoms in total. The van der Waals surface area contributed by atoms with Crippen molar-refractivity contribution >= 4 is 68.1 Å². The Hall–Kier alpha value is -3.47. The van der Waals surface area contributed by atoms with Crippen LogP contribution in [0.3, 0.4) is 0 Å². The van der Waals surface area contributed by atoms with E-state index < -0.39 is 23.6 Å². The molecule has 0 aliphatic carbocycles. The number of hydrogen-bond acceptors (Lipinski definition) is 7. The van der Waals surface area contributed by atoms with E-state index in [0.717, 1.165) is 22.2 Å². The zero-order valence-electron chi connectivity index (χ0n) is 21.0. The number of methoxy groups -OCH3 is 1. The molecule has 0 radical (unpaired) electrons. The molecule has 3 amide bonds. The van der Waals surface area contributed by atoms with Gasteiger partial charge in [-0.1, -0.05) is 23.7 Å². The Labute approximate surface area is 243 Å². The van der Waals surface area contributed by atoms with Gasteiger partial charge < -0.3 is 19.5 Å². The number of carbonyl (C=O) groups excluding carboxylic acids is 3. The van der Waals surface area contributed by atoms with Gasteiger partial charge in [-0.05, 0) is 100 Å². The average Bonchev–Trinajstić information content (AvgIpc) is 3.17. The fourth-order valence-electron chi connectivity index (χ4n) is 3.63. The number of ether oxygens (including phenoxy) is 3. The fraction of sp³-hybridized carbons (Fsp3) is 0.179. The Morgan fingerprint density at radius 3 is 2.46 bits per heavy atom. The zero-order chi connectivity index (χ0) is 27.9. The molecule has 0 saturated carbocycles. The maximum Gasteiger partial charge on any atom is 0.294 e. The van der Waals surface area contributed by atoms with Crippen LogP contribution in [0.25, 0.3) is 6.08 Å². The number of thioether (sulfide) groups is 1. The van der Waals surface area contributed by atoms with Crippen LogP contribution < -0.4 is 19.5 Å². The molecule has 1 N–H and O–H groups in total. The number of hydrogen-bond donors (Lipinski definition) is 1. The first kappa shape index (κ1) is 28.5. The first-order valence-electron chi connectivity index (χ1n) is 11.8. The Balaban J connectivity index is 1.43. The lowest BCUT2D eigenvalue weighted by atomic mass is 10.1. The normalized spacial score (nSPS) is 14.1. The summed E-state index contributed by atoms with van der Waals surface area (Å²) in [6, 6.07) is 17.6. The van der Waals surface area contributed by atoms with Crippen LogP contribution in [0.4, 0.5) is 10.5 Å².